The number of rotatable bonds is 2. The molecular weight excluding hydrogens is 184 g/mol. The molecule has 0 aromatic carbocycles. The van der Waals surface area contributed by atoms with Crippen molar-refractivity contribution in [2.45, 2.75) is 13.5 Å². The molecule has 68 valence electrons. The van der Waals surface area contributed by atoms with Crippen molar-refractivity contribution in [3.63, 3.8) is 0 Å². The Hall–Kier alpha value is -1.36. The Morgan fingerprint density at radius 3 is 2.92 bits per heavy atom. The van der Waals surface area contributed by atoms with Gasteiger partial charge < -0.3 is 5.73 Å². The maximum Gasteiger partial charge on any atom is 0.180 e. The zero-order valence-electron chi connectivity index (χ0n) is 7.27. The van der Waals surface area contributed by atoms with Crippen LogP contribution < -0.4 is 5.73 Å². The lowest BCUT2D eigenvalue weighted by molar-refractivity contribution is 0.660. The lowest BCUT2D eigenvalue weighted by Gasteiger charge is -1.90. The van der Waals surface area contributed by atoms with Crippen LogP contribution in [0.4, 0.5) is 5.13 Å². The molecule has 0 amide bonds. The number of aryl methyl sites for hydroxylation is 1. The highest BCUT2D eigenvalue weighted by Gasteiger charge is 2.03. The Morgan fingerprint density at radius 2 is 2.38 bits per heavy atom. The second-order valence-electron chi connectivity index (χ2n) is 2.65. The number of nitrogens with two attached hydrogens (primary N) is 1. The summed E-state index contributed by atoms with van der Waals surface area (Å²) in [6, 6.07) is 0. The van der Waals surface area contributed by atoms with Crippen LogP contribution in [-0.4, -0.2) is 14.8 Å². The van der Waals surface area contributed by atoms with Crippen molar-refractivity contribution in [1.82, 2.24) is 14.8 Å². The van der Waals surface area contributed by atoms with E-state index in [2.05, 4.69) is 17.0 Å². The van der Waals surface area contributed by atoms with E-state index in [0.717, 1.165) is 17.0 Å². The van der Waals surface area contributed by atoms with Gasteiger partial charge in [0.05, 0.1) is 11.1 Å². The highest BCUT2D eigenvalue weighted by Crippen LogP contribution is 2.26. The molecule has 13 heavy (non-hydrogen) atoms. The SMILES string of the molecule is CCn1cc(-c2cnc(N)s2)cn1. The number of nitrogens with zero attached hydrogens (tertiary/aromatic N) is 3. The van der Waals surface area contributed by atoms with Crippen LogP contribution >= 0.6 is 11.3 Å². The average molecular weight is 194 g/mol. The molecular formula is C8H10N4S. The van der Waals surface area contributed by atoms with Crippen molar-refractivity contribution in [3.8, 4) is 10.4 Å². The third kappa shape index (κ3) is 1.55. The molecule has 2 rings (SSSR count). The minimum absolute atomic E-state index is 0.597. The van der Waals surface area contributed by atoms with Crippen LogP contribution in [0.15, 0.2) is 18.6 Å². The number of aromatic nitrogens is 3. The van der Waals surface area contributed by atoms with E-state index in [1.165, 1.54) is 11.3 Å². The summed E-state index contributed by atoms with van der Waals surface area (Å²) in [7, 11) is 0. The molecule has 4 nitrogen and oxygen atoms in total. The van der Waals surface area contributed by atoms with Crippen LogP contribution in [0.25, 0.3) is 10.4 Å². The van der Waals surface area contributed by atoms with Gasteiger partial charge in [0.25, 0.3) is 0 Å². The van der Waals surface area contributed by atoms with Gasteiger partial charge in [-0.2, -0.15) is 5.10 Å². The van der Waals surface area contributed by atoms with E-state index in [9.17, 15) is 0 Å². The molecule has 0 fully saturated rings. The Balaban J connectivity index is 2.35. The van der Waals surface area contributed by atoms with Crippen LogP contribution in [0, 0.1) is 0 Å². The summed E-state index contributed by atoms with van der Waals surface area (Å²) in [5.74, 6) is 0. The molecule has 2 aromatic rings. The van der Waals surface area contributed by atoms with Gasteiger partial charge in [-0.3, -0.25) is 4.68 Å². The van der Waals surface area contributed by atoms with Gasteiger partial charge in [0, 0.05) is 24.5 Å². The topological polar surface area (TPSA) is 56.7 Å². The molecule has 0 spiro atoms. The average Bonchev–Trinajstić information content (AvgIpc) is 2.71. The number of hydrogen-bond donors (Lipinski definition) is 1. The maximum absolute atomic E-state index is 5.54. The van der Waals surface area contributed by atoms with Crippen LogP contribution in [0.3, 0.4) is 0 Å². The van der Waals surface area contributed by atoms with E-state index in [1.807, 2.05) is 17.1 Å². The standard InChI is InChI=1S/C8H10N4S/c1-2-12-5-6(3-11-12)7-4-10-8(9)13-7/h3-5H,2H2,1H3,(H2,9,10). The first kappa shape index (κ1) is 8.25. The second kappa shape index (κ2) is 3.18. The van der Waals surface area contributed by atoms with Crippen molar-refractivity contribution in [2.24, 2.45) is 0 Å². The lowest BCUT2D eigenvalue weighted by atomic mass is 10.3. The van der Waals surface area contributed by atoms with E-state index in [4.69, 9.17) is 5.73 Å². The monoisotopic (exact) mass is 194 g/mol. The van der Waals surface area contributed by atoms with Gasteiger partial charge in [-0.25, -0.2) is 4.98 Å². The molecule has 0 aliphatic heterocycles. The molecule has 0 unspecified atom stereocenters. The summed E-state index contributed by atoms with van der Waals surface area (Å²) in [5, 5.41) is 4.77. The Bertz CT molecular complexity index is 404. The fraction of sp³-hybridized carbons (Fsp3) is 0.250. The third-order valence-corrected chi connectivity index (χ3v) is 2.64. The van der Waals surface area contributed by atoms with E-state index >= 15 is 0 Å². The summed E-state index contributed by atoms with van der Waals surface area (Å²) in [5.41, 5.74) is 6.62. The fourth-order valence-corrected chi connectivity index (χ4v) is 1.74. The van der Waals surface area contributed by atoms with Crippen molar-refractivity contribution in [2.75, 3.05) is 5.73 Å². The van der Waals surface area contributed by atoms with Gasteiger partial charge in [-0.05, 0) is 6.92 Å². The molecule has 0 saturated heterocycles. The lowest BCUT2D eigenvalue weighted by Crippen LogP contribution is -1.91. The quantitative estimate of drug-likeness (QED) is 0.790. The van der Waals surface area contributed by atoms with Crippen molar-refractivity contribution >= 4 is 16.5 Å². The Morgan fingerprint density at radius 1 is 1.54 bits per heavy atom. The molecule has 0 bridgehead atoms. The van der Waals surface area contributed by atoms with Gasteiger partial charge in [0.15, 0.2) is 5.13 Å². The molecule has 2 heterocycles. The van der Waals surface area contributed by atoms with Crippen LogP contribution in [0.1, 0.15) is 6.92 Å². The van der Waals surface area contributed by atoms with E-state index in [1.54, 1.807) is 6.20 Å². The normalized spacial score (nSPS) is 10.5. The minimum atomic E-state index is 0.597. The second-order valence-corrected chi connectivity index (χ2v) is 3.71. The van der Waals surface area contributed by atoms with Gasteiger partial charge in [0.1, 0.15) is 0 Å². The maximum atomic E-state index is 5.54. The molecule has 5 heteroatoms. The summed E-state index contributed by atoms with van der Waals surface area (Å²) < 4.78 is 1.88. The van der Waals surface area contributed by atoms with E-state index < -0.39 is 0 Å². The Kier molecular flexibility index (Phi) is 2.02. The summed E-state index contributed by atoms with van der Waals surface area (Å²) in [4.78, 5) is 5.05. The van der Waals surface area contributed by atoms with Crippen molar-refractivity contribution < 1.29 is 0 Å². The van der Waals surface area contributed by atoms with Gasteiger partial charge >= 0.3 is 0 Å². The molecule has 0 aliphatic rings. The smallest absolute Gasteiger partial charge is 0.180 e. The first-order valence-electron chi connectivity index (χ1n) is 4.03. The number of hydrogen-bond acceptors (Lipinski definition) is 4. The highest BCUT2D eigenvalue weighted by molar-refractivity contribution is 7.18. The first-order valence-corrected chi connectivity index (χ1v) is 4.85. The van der Waals surface area contributed by atoms with E-state index in [-0.39, 0.29) is 0 Å². The zero-order chi connectivity index (χ0) is 9.26. The van der Waals surface area contributed by atoms with Crippen LogP contribution in [-0.2, 0) is 6.54 Å². The number of nitrogen functional groups attached to an aromatic ring is 1. The largest absolute Gasteiger partial charge is 0.375 e. The predicted octanol–water partition coefficient (Wildman–Crippen LogP) is 1.61. The number of thiazole rings is 1. The zero-order valence-corrected chi connectivity index (χ0v) is 8.08. The predicted molar refractivity (Wildman–Crippen MR) is 53.4 cm³/mol. The number of anilines is 1. The van der Waals surface area contributed by atoms with Crippen molar-refractivity contribution in [3.05, 3.63) is 18.6 Å². The van der Waals surface area contributed by atoms with E-state index in [0.29, 0.717) is 5.13 Å². The van der Waals surface area contributed by atoms with Crippen LogP contribution in [0.2, 0.25) is 0 Å². The molecule has 2 N–H and O–H groups in total. The summed E-state index contributed by atoms with van der Waals surface area (Å²) >= 11 is 1.48. The third-order valence-electron chi connectivity index (χ3n) is 1.77. The van der Waals surface area contributed by atoms with Gasteiger partial charge in [-0.15, -0.1) is 0 Å². The van der Waals surface area contributed by atoms with Crippen molar-refractivity contribution in [1.29, 1.82) is 0 Å². The molecule has 0 aliphatic carbocycles. The first-order chi connectivity index (χ1) is 6.29. The fourth-order valence-electron chi connectivity index (χ4n) is 1.08. The molecule has 0 radical (unpaired) electrons. The Labute approximate surface area is 80.0 Å². The van der Waals surface area contributed by atoms with Gasteiger partial charge in [-0.1, -0.05) is 11.3 Å². The van der Waals surface area contributed by atoms with Crippen LogP contribution in [0.5, 0.6) is 0 Å². The molecule has 2 aromatic heterocycles. The summed E-state index contributed by atoms with van der Waals surface area (Å²) in [6.45, 7) is 2.94. The summed E-state index contributed by atoms with van der Waals surface area (Å²) in [6.07, 6.45) is 5.60. The molecule has 0 saturated carbocycles. The molecule has 0 atom stereocenters. The van der Waals surface area contributed by atoms with Gasteiger partial charge in [0.2, 0.25) is 0 Å². The minimum Gasteiger partial charge on any atom is -0.375 e. The highest BCUT2D eigenvalue weighted by atomic mass is 32.1.